The van der Waals surface area contributed by atoms with Gasteiger partial charge >= 0.3 is 0 Å². The van der Waals surface area contributed by atoms with Gasteiger partial charge in [-0.3, -0.25) is 4.90 Å². The zero-order chi connectivity index (χ0) is 12.6. The first kappa shape index (κ1) is 11.9. The fourth-order valence-corrected chi connectivity index (χ4v) is 3.52. The minimum Gasteiger partial charge on any atom is -0.377 e. The van der Waals surface area contributed by atoms with Crippen molar-refractivity contribution in [3.8, 4) is 0 Å². The molecule has 3 nitrogen and oxygen atoms in total. The van der Waals surface area contributed by atoms with Crippen LogP contribution < -0.4 is 11.1 Å². The molecule has 2 atom stereocenters. The van der Waals surface area contributed by atoms with Crippen molar-refractivity contribution in [3.05, 3.63) is 30.1 Å². The molecule has 2 fully saturated rings. The van der Waals surface area contributed by atoms with Crippen LogP contribution in [0.2, 0.25) is 0 Å². The van der Waals surface area contributed by atoms with Crippen LogP contribution in [0, 0.1) is 5.82 Å². The number of anilines is 1. The number of hydrogen-bond donors (Lipinski definition) is 2. The lowest BCUT2D eigenvalue weighted by Gasteiger charge is -2.36. The molecule has 2 unspecified atom stereocenters. The van der Waals surface area contributed by atoms with Crippen LogP contribution in [0.25, 0.3) is 0 Å². The summed E-state index contributed by atoms with van der Waals surface area (Å²) in [5, 5.41) is 3.51. The van der Waals surface area contributed by atoms with Crippen LogP contribution >= 0.6 is 0 Å². The Morgan fingerprint density at radius 1 is 1.44 bits per heavy atom. The van der Waals surface area contributed by atoms with Gasteiger partial charge in [-0.05, 0) is 44.0 Å². The molecule has 2 aliphatic heterocycles. The number of nitrogens with zero attached hydrogens (tertiary/aromatic N) is 1. The quantitative estimate of drug-likeness (QED) is 0.858. The minimum atomic E-state index is -0.201. The van der Waals surface area contributed by atoms with E-state index in [0.717, 1.165) is 18.7 Å². The van der Waals surface area contributed by atoms with E-state index in [4.69, 9.17) is 5.73 Å². The summed E-state index contributed by atoms with van der Waals surface area (Å²) < 4.78 is 13.3. The zero-order valence-electron chi connectivity index (χ0n) is 10.5. The summed E-state index contributed by atoms with van der Waals surface area (Å²) in [7, 11) is 0. The van der Waals surface area contributed by atoms with E-state index in [-0.39, 0.29) is 11.4 Å². The van der Waals surface area contributed by atoms with Gasteiger partial charge in [-0.2, -0.15) is 0 Å². The second-order valence-electron chi connectivity index (χ2n) is 5.44. The monoisotopic (exact) mass is 249 g/mol. The predicted octanol–water partition coefficient (Wildman–Crippen LogP) is 1.80. The molecule has 1 aromatic carbocycles. The Kier molecular flexibility index (Phi) is 2.99. The van der Waals surface area contributed by atoms with Crippen molar-refractivity contribution in [1.82, 2.24) is 4.90 Å². The molecule has 1 aromatic rings. The Balaban J connectivity index is 1.84. The standard InChI is InChI=1S/C14H20FN3/c15-11-3-1-4-12(9-11)17-14(10-16)6-8-18-7-2-5-13(14)18/h1,3-4,9,13,17H,2,5-8,10,16H2. The van der Waals surface area contributed by atoms with Crippen LogP contribution in [0.1, 0.15) is 19.3 Å². The van der Waals surface area contributed by atoms with E-state index >= 15 is 0 Å². The van der Waals surface area contributed by atoms with Crippen molar-refractivity contribution in [1.29, 1.82) is 0 Å². The van der Waals surface area contributed by atoms with Crippen LogP contribution in [0.3, 0.4) is 0 Å². The van der Waals surface area contributed by atoms with E-state index in [1.807, 2.05) is 6.07 Å². The normalized spacial score (nSPS) is 31.6. The molecule has 0 spiro atoms. The van der Waals surface area contributed by atoms with E-state index in [2.05, 4.69) is 10.2 Å². The average Bonchev–Trinajstić information content (AvgIpc) is 2.93. The molecule has 0 amide bonds. The highest BCUT2D eigenvalue weighted by Gasteiger charge is 2.48. The molecule has 3 rings (SSSR count). The first-order valence-corrected chi connectivity index (χ1v) is 6.71. The van der Waals surface area contributed by atoms with Crippen molar-refractivity contribution in [2.24, 2.45) is 5.73 Å². The number of fused-ring (bicyclic) bond motifs is 1. The Morgan fingerprint density at radius 2 is 2.33 bits per heavy atom. The third-order valence-electron chi connectivity index (χ3n) is 4.43. The lowest BCUT2D eigenvalue weighted by atomic mass is 9.88. The Hall–Kier alpha value is -1.13. The molecular weight excluding hydrogens is 229 g/mol. The summed E-state index contributed by atoms with van der Waals surface area (Å²) in [6.07, 6.45) is 3.49. The van der Waals surface area contributed by atoms with Crippen LogP contribution in [-0.4, -0.2) is 36.1 Å². The van der Waals surface area contributed by atoms with Crippen molar-refractivity contribution >= 4 is 5.69 Å². The highest BCUT2D eigenvalue weighted by molar-refractivity contribution is 5.47. The lowest BCUT2D eigenvalue weighted by Crippen LogP contribution is -2.53. The molecule has 2 saturated heterocycles. The molecule has 2 heterocycles. The van der Waals surface area contributed by atoms with Crippen molar-refractivity contribution in [2.45, 2.75) is 30.8 Å². The third kappa shape index (κ3) is 1.89. The summed E-state index contributed by atoms with van der Waals surface area (Å²) >= 11 is 0. The number of hydrogen-bond acceptors (Lipinski definition) is 3. The predicted molar refractivity (Wildman–Crippen MR) is 71.0 cm³/mol. The topological polar surface area (TPSA) is 41.3 Å². The summed E-state index contributed by atoms with van der Waals surface area (Å²) in [6, 6.07) is 7.18. The zero-order valence-corrected chi connectivity index (χ0v) is 10.5. The Labute approximate surface area is 107 Å². The van der Waals surface area contributed by atoms with Crippen molar-refractivity contribution < 1.29 is 4.39 Å². The second-order valence-corrected chi connectivity index (χ2v) is 5.44. The summed E-state index contributed by atoms with van der Waals surface area (Å²) in [4.78, 5) is 2.51. The van der Waals surface area contributed by atoms with Gasteiger partial charge in [-0.15, -0.1) is 0 Å². The smallest absolute Gasteiger partial charge is 0.125 e. The summed E-state index contributed by atoms with van der Waals surface area (Å²) in [5.41, 5.74) is 6.79. The van der Waals surface area contributed by atoms with Gasteiger partial charge in [0.25, 0.3) is 0 Å². The van der Waals surface area contributed by atoms with Gasteiger partial charge in [-0.1, -0.05) is 6.07 Å². The van der Waals surface area contributed by atoms with Gasteiger partial charge in [-0.25, -0.2) is 4.39 Å². The van der Waals surface area contributed by atoms with Crippen LogP contribution in [-0.2, 0) is 0 Å². The number of benzene rings is 1. The molecule has 3 N–H and O–H groups in total. The van der Waals surface area contributed by atoms with E-state index in [1.54, 1.807) is 12.1 Å². The maximum Gasteiger partial charge on any atom is 0.125 e. The van der Waals surface area contributed by atoms with Crippen molar-refractivity contribution in [2.75, 3.05) is 25.0 Å². The SMILES string of the molecule is NCC1(Nc2cccc(F)c2)CCN2CCCC21. The first-order chi connectivity index (χ1) is 8.73. The van der Waals surface area contributed by atoms with Gasteiger partial charge in [0.2, 0.25) is 0 Å². The molecule has 18 heavy (non-hydrogen) atoms. The fraction of sp³-hybridized carbons (Fsp3) is 0.571. The van der Waals surface area contributed by atoms with Gasteiger partial charge in [0, 0.05) is 24.8 Å². The molecule has 98 valence electrons. The summed E-state index contributed by atoms with van der Waals surface area (Å²) in [6.45, 7) is 2.88. The Morgan fingerprint density at radius 3 is 3.11 bits per heavy atom. The van der Waals surface area contributed by atoms with E-state index in [1.165, 1.54) is 25.5 Å². The van der Waals surface area contributed by atoms with Crippen LogP contribution in [0.5, 0.6) is 0 Å². The van der Waals surface area contributed by atoms with E-state index in [0.29, 0.717) is 12.6 Å². The summed E-state index contributed by atoms with van der Waals surface area (Å²) in [5.74, 6) is -0.201. The molecule has 0 bridgehead atoms. The number of rotatable bonds is 3. The molecule has 0 aliphatic carbocycles. The lowest BCUT2D eigenvalue weighted by molar-refractivity contribution is 0.280. The highest BCUT2D eigenvalue weighted by atomic mass is 19.1. The number of nitrogens with one attached hydrogen (secondary N) is 1. The maximum atomic E-state index is 13.3. The number of nitrogens with two attached hydrogens (primary N) is 1. The second kappa shape index (κ2) is 4.52. The Bertz CT molecular complexity index is 437. The number of halogens is 1. The molecule has 0 aromatic heterocycles. The van der Waals surface area contributed by atoms with Crippen LogP contribution in [0.15, 0.2) is 24.3 Å². The first-order valence-electron chi connectivity index (χ1n) is 6.71. The maximum absolute atomic E-state index is 13.3. The highest BCUT2D eigenvalue weighted by Crippen LogP contribution is 2.37. The average molecular weight is 249 g/mol. The third-order valence-corrected chi connectivity index (χ3v) is 4.43. The fourth-order valence-electron chi connectivity index (χ4n) is 3.52. The molecular formula is C14H20FN3. The van der Waals surface area contributed by atoms with E-state index in [9.17, 15) is 4.39 Å². The molecule has 2 aliphatic rings. The minimum absolute atomic E-state index is 0.0791. The van der Waals surface area contributed by atoms with E-state index < -0.39 is 0 Å². The largest absolute Gasteiger partial charge is 0.377 e. The van der Waals surface area contributed by atoms with Gasteiger partial charge in [0.1, 0.15) is 5.82 Å². The van der Waals surface area contributed by atoms with Gasteiger partial charge in [0.05, 0.1) is 5.54 Å². The molecule has 0 saturated carbocycles. The van der Waals surface area contributed by atoms with Crippen molar-refractivity contribution in [3.63, 3.8) is 0 Å². The van der Waals surface area contributed by atoms with Gasteiger partial charge < -0.3 is 11.1 Å². The molecule has 0 radical (unpaired) electrons. The van der Waals surface area contributed by atoms with Crippen LogP contribution in [0.4, 0.5) is 10.1 Å². The van der Waals surface area contributed by atoms with Gasteiger partial charge in [0.15, 0.2) is 0 Å². The molecule has 4 heteroatoms.